The molecule has 1 atom stereocenters. The Morgan fingerprint density at radius 1 is 1.00 bits per heavy atom. The van der Waals surface area contributed by atoms with Crippen LogP contribution >= 0.6 is 23.2 Å². The second kappa shape index (κ2) is 10.5. The maximum absolute atomic E-state index is 12.9. The number of anilines is 3. The highest BCUT2D eigenvalue weighted by Crippen LogP contribution is 2.27. The molecule has 1 unspecified atom stereocenters. The van der Waals surface area contributed by atoms with Crippen molar-refractivity contribution in [1.29, 1.82) is 0 Å². The number of hydrogen-bond donors (Lipinski definition) is 2. The number of likely N-dealkylation sites (tertiary alicyclic amines) is 1. The molecule has 0 bridgehead atoms. The van der Waals surface area contributed by atoms with E-state index in [4.69, 9.17) is 27.9 Å². The highest BCUT2D eigenvalue weighted by molar-refractivity contribution is 6.35. The Balaban J connectivity index is 1.38. The molecule has 0 radical (unpaired) electrons. The minimum absolute atomic E-state index is 0.142. The lowest BCUT2D eigenvalue weighted by Crippen LogP contribution is -2.43. The van der Waals surface area contributed by atoms with E-state index < -0.39 is 0 Å². The molecular weight excluding hydrogens is 451 g/mol. The van der Waals surface area contributed by atoms with Gasteiger partial charge in [-0.3, -0.25) is 14.5 Å². The molecule has 0 aromatic heterocycles. The second-order valence-electron chi connectivity index (χ2n) is 7.94. The molecule has 2 aliphatic heterocycles. The quantitative estimate of drug-likeness (QED) is 0.661. The summed E-state index contributed by atoms with van der Waals surface area (Å²) < 4.78 is 5.43. The van der Waals surface area contributed by atoms with Crippen LogP contribution in [0.15, 0.2) is 42.5 Å². The van der Waals surface area contributed by atoms with Crippen LogP contribution in [0.3, 0.4) is 0 Å². The van der Waals surface area contributed by atoms with E-state index in [0.717, 1.165) is 30.9 Å². The number of carbonyl (C=O) groups is 2. The van der Waals surface area contributed by atoms with Gasteiger partial charge in [-0.25, -0.2) is 0 Å². The molecular formula is C23H26Cl2N4O3. The van der Waals surface area contributed by atoms with E-state index in [9.17, 15) is 9.59 Å². The van der Waals surface area contributed by atoms with Gasteiger partial charge in [-0.2, -0.15) is 0 Å². The zero-order valence-electron chi connectivity index (χ0n) is 17.7. The largest absolute Gasteiger partial charge is 0.378 e. The summed E-state index contributed by atoms with van der Waals surface area (Å²) in [5.41, 5.74) is 2.30. The highest BCUT2D eigenvalue weighted by atomic mass is 35.5. The van der Waals surface area contributed by atoms with Crippen molar-refractivity contribution in [2.45, 2.75) is 18.9 Å². The summed E-state index contributed by atoms with van der Waals surface area (Å²) in [5.74, 6) is -0.307. The Bertz CT molecular complexity index is 961. The van der Waals surface area contributed by atoms with Gasteiger partial charge in [-0.05, 0) is 49.7 Å². The molecule has 0 saturated carbocycles. The fraction of sp³-hybridized carbons (Fsp3) is 0.391. The van der Waals surface area contributed by atoms with E-state index in [1.165, 1.54) is 0 Å². The summed E-state index contributed by atoms with van der Waals surface area (Å²) in [7, 11) is 0. The normalized spacial score (nSPS) is 19.1. The van der Waals surface area contributed by atoms with Crippen molar-refractivity contribution in [3.8, 4) is 0 Å². The number of amides is 2. The van der Waals surface area contributed by atoms with Gasteiger partial charge in [0.2, 0.25) is 11.8 Å². The number of carbonyl (C=O) groups excluding carboxylic acids is 2. The molecule has 2 aliphatic rings. The van der Waals surface area contributed by atoms with Crippen LogP contribution in [0.25, 0.3) is 0 Å². The van der Waals surface area contributed by atoms with Crippen LogP contribution < -0.4 is 15.5 Å². The van der Waals surface area contributed by atoms with Crippen LogP contribution in [-0.2, 0) is 14.3 Å². The molecule has 2 saturated heterocycles. The fourth-order valence-corrected chi connectivity index (χ4v) is 4.72. The average Bonchev–Trinajstić information content (AvgIpc) is 3.22. The van der Waals surface area contributed by atoms with Gasteiger partial charge in [0.25, 0.3) is 0 Å². The average molecular weight is 477 g/mol. The molecule has 2 amide bonds. The predicted molar refractivity (Wildman–Crippen MR) is 128 cm³/mol. The lowest BCUT2D eigenvalue weighted by molar-refractivity contribution is -0.122. The minimum atomic E-state index is -0.381. The first-order valence-electron chi connectivity index (χ1n) is 10.7. The molecule has 0 spiro atoms. The van der Waals surface area contributed by atoms with Gasteiger partial charge in [0, 0.05) is 28.8 Å². The van der Waals surface area contributed by atoms with Gasteiger partial charge in [0.1, 0.15) is 0 Å². The SMILES string of the molecule is O=C(CN1CCCC1C(=O)Nc1cc(Cl)cc(Cl)c1)Nc1ccccc1N1CCOCC1. The van der Waals surface area contributed by atoms with Crippen LogP contribution in [0.2, 0.25) is 10.0 Å². The second-order valence-corrected chi connectivity index (χ2v) is 8.81. The molecule has 2 aromatic rings. The molecule has 170 valence electrons. The van der Waals surface area contributed by atoms with E-state index in [0.29, 0.717) is 41.9 Å². The number of para-hydroxylation sites is 2. The van der Waals surface area contributed by atoms with E-state index in [1.807, 2.05) is 29.2 Å². The topological polar surface area (TPSA) is 73.9 Å². The van der Waals surface area contributed by atoms with Gasteiger partial charge in [0.15, 0.2) is 0 Å². The lowest BCUT2D eigenvalue weighted by Gasteiger charge is -2.30. The molecule has 2 fully saturated rings. The molecule has 4 rings (SSSR count). The first kappa shape index (κ1) is 22.9. The van der Waals surface area contributed by atoms with Gasteiger partial charge in [0.05, 0.1) is 37.2 Å². The van der Waals surface area contributed by atoms with E-state index >= 15 is 0 Å². The first-order chi connectivity index (χ1) is 15.5. The maximum atomic E-state index is 12.9. The van der Waals surface area contributed by atoms with Crippen molar-refractivity contribution in [2.24, 2.45) is 0 Å². The number of halogens is 2. The third-order valence-corrected chi connectivity index (χ3v) is 6.11. The van der Waals surface area contributed by atoms with Gasteiger partial charge >= 0.3 is 0 Å². The summed E-state index contributed by atoms with van der Waals surface area (Å²) in [6.45, 7) is 3.75. The van der Waals surface area contributed by atoms with Crippen molar-refractivity contribution in [3.63, 3.8) is 0 Å². The molecule has 2 aromatic carbocycles. The number of rotatable bonds is 6. The van der Waals surface area contributed by atoms with Crippen molar-refractivity contribution in [1.82, 2.24) is 4.90 Å². The number of hydrogen-bond acceptors (Lipinski definition) is 5. The van der Waals surface area contributed by atoms with Crippen LogP contribution in [0.1, 0.15) is 12.8 Å². The summed E-state index contributed by atoms with van der Waals surface area (Å²) in [6, 6.07) is 12.3. The monoisotopic (exact) mass is 476 g/mol. The fourth-order valence-electron chi connectivity index (χ4n) is 4.20. The number of nitrogens with zero attached hydrogens (tertiary/aromatic N) is 2. The summed E-state index contributed by atoms with van der Waals surface area (Å²) >= 11 is 12.1. The number of benzene rings is 2. The summed E-state index contributed by atoms with van der Waals surface area (Å²) in [4.78, 5) is 29.8. The van der Waals surface area contributed by atoms with Crippen LogP contribution in [-0.4, -0.2) is 62.1 Å². The van der Waals surface area contributed by atoms with Gasteiger partial charge in [-0.15, -0.1) is 0 Å². The predicted octanol–water partition coefficient (Wildman–Crippen LogP) is 3.87. The standard InChI is InChI=1S/C23H26Cl2N4O3/c24-16-12-17(25)14-18(13-16)26-23(31)21-6-3-7-29(21)15-22(30)27-19-4-1-2-5-20(19)28-8-10-32-11-9-28/h1-2,4-5,12-14,21H,3,6-11,15H2,(H,26,31)(H,27,30). The Kier molecular flexibility index (Phi) is 7.52. The van der Waals surface area contributed by atoms with Gasteiger partial charge < -0.3 is 20.3 Å². The minimum Gasteiger partial charge on any atom is -0.378 e. The van der Waals surface area contributed by atoms with E-state index in [2.05, 4.69) is 15.5 Å². The number of morpholine rings is 1. The summed E-state index contributed by atoms with van der Waals surface area (Å²) in [6.07, 6.45) is 1.55. The van der Waals surface area contributed by atoms with Crippen molar-refractivity contribution in [2.75, 3.05) is 54.9 Å². The first-order valence-corrected chi connectivity index (χ1v) is 11.5. The highest BCUT2D eigenvalue weighted by Gasteiger charge is 2.32. The van der Waals surface area contributed by atoms with E-state index in [-0.39, 0.29) is 24.4 Å². The molecule has 0 aliphatic carbocycles. The summed E-state index contributed by atoms with van der Waals surface area (Å²) in [5, 5.41) is 6.81. The third-order valence-electron chi connectivity index (χ3n) is 5.67. The molecule has 7 nitrogen and oxygen atoms in total. The third kappa shape index (κ3) is 5.72. The Morgan fingerprint density at radius 3 is 2.47 bits per heavy atom. The van der Waals surface area contributed by atoms with Crippen LogP contribution in [0.5, 0.6) is 0 Å². The van der Waals surface area contributed by atoms with Gasteiger partial charge in [-0.1, -0.05) is 35.3 Å². The lowest BCUT2D eigenvalue weighted by atomic mass is 10.2. The van der Waals surface area contributed by atoms with Crippen molar-refractivity contribution >= 4 is 52.1 Å². The van der Waals surface area contributed by atoms with Crippen LogP contribution in [0.4, 0.5) is 17.1 Å². The Hall–Kier alpha value is -2.32. The van der Waals surface area contributed by atoms with Crippen LogP contribution in [0, 0.1) is 0 Å². The zero-order chi connectivity index (χ0) is 22.5. The molecule has 2 N–H and O–H groups in total. The van der Waals surface area contributed by atoms with Crippen molar-refractivity contribution < 1.29 is 14.3 Å². The smallest absolute Gasteiger partial charge is 0.241 e. The molecule has 9 heteroatoms. The van der Waals surface area contributed by atoms with Crippen molar-refractivity contribution in [3.05, 3.63) is 52.5 Å². The Morgan fingerprint density at radius 2 is 1.72 bits per heavy atom. The zero-order valence-corrected chi connectivity index (χ0v) is 19.2. The number of nitrogens with one attached hydrogen (secondary N) is 2. The van der Waals surface area contributed by atoms with E-state index in [1.54, 1.807) is 18.2 Å². The number of ether oxygens (including phenoxy) is 1. The maximum Gasteiger partial charge on any atom is 0.241 e. The molecule has 32 heavy (non-hydrogen) atoms. The Labute approximate surface area is 197 Å². The molecule has 2 heterocycles.